The van der Waals surface area contributed by atoms with Gasteiger partial charge in [0.15, 0.2) is 0 Å². The summed E-state index contributed by atoms with van der Waals surface area (Å²) in [6.07, 6.45) is 4.18. The summed E-state index contributed by atoms with van der Waals surface area (Å²) < 4.78 is 3.75. The monoisotopic (exact) mass is 235 g/mol. The van der Waals surface area contributed by atoms with E-state index in [4.69, 9.17) is 0 Å². The topological polar surface area (TPSA) is 73.5 Å². The predicted molar refractivity (Wildman–Crippen MR) is 62.2 cm³/mol. The zero-order valence-corrected chi connectivity index (χ0v) is 10.2. The molecule has 7 heteroatoms. The van der Waals surface area contributed by atoms with Crippen molar-refractivity contribution >= 4 is 0 Å². The molecule has 0 radical (unpaired) electrons. The van der Waals surface area contributed by atoms with Crippen LogP contribution in [0.1, 0.15) is 25.0 Å². The van der Waals surface area contributed by atoms with Gasteiger partial charge in [0.05, 0.1) is 6.54 Å². The molecule has 0 spiro atoms. The summed E-state index contributed by atoms with van der Waals surface area (Å²) in [6.45, 7) is 4.30. The molecule has 2 aromatic rings. The van der Waals surface area contributed by atoms with E-state index in [0.717, 1.165) is 24.6 Å². The van der Waals surface area contributed by atoms with Crippen molar-refractivity contribution in [1.29, 1.82) is 0 Å². The molecule has 0 atom stereocenters. The molecule has 0 saturated carbocycles. The van der Waals surface area contributed by atoms with E-state index < -0.39 is 0 Å². The zero-order valence-electron chi connectivity index (χ0n) is 10.2. The molecule has 0 aromatic carbocycles. The number of hydrogen-bond acceptors (Lipinski definition) is 5. The smallest absolute Gasteiger partial charge is 0.148 e. The van der Waals surface area contributed by atoms with E-state index in [1.54, 1.807) is 12.7 Å². The quantitative estimate of drug-likeness (QED) is 0.765. The normalized spacial score (nSPS) is 10.9. The molecule has 0 aliphatic rings. The molecule has 0 aliphatic heterocycles. The maximum absolute atomic E-state index is 4.25. The van der Waals surface area contributed by atoms with Gasteiger partial charge in [0, 0.05) is 6.54 Å². The molecule has 0 saturated heterocycles. The highest BCUT2D eigenvalue weighted by Gasteiger charge is 2.08. The summed E-state index contributed by atoms with van der Waals surface area (Å²) in [5.41, 5.74) is 0. The summed E-state index contributed by atoms with van der Waals surface area (Å²) in [7, 11) is 1.89. The Bertz CT molecular complexity index is 416. The SMILES string of the molecule is CCCn1ncnc1Cn1ncnc1CNC. The lowest BCUT2D eigenvalue weighted by Gasteiger charge is -2.06. The van der Waals surface area contributed by atoms with Crippen LogP contribution in [0.15, 0.2) is 12.7 Å². The number of rotatable bonds is 6. The van der Waals surface area contributed by atoms with Gasteiger partial charge in [0.2, 0.25) is 0 Å². The lowest BCUT2D eigenvalue weighted by molar-refractivity contribution is 0.525. The number of aryl methyl sites for hydroxylation is 1. The van der Waals surface area contributed by atoms with Gasteiger partial charge in [0.1, 0.15) is 30.8 Å². The number of hydrogen-bond donors (Lipinski definition) is 1. The number of nitrogens with one attached hydrogen (secondary N) is 1. The van der Waals surface area contributed by atoms with Crippen molar-refractivity contribution in [2.75, 3.05) is 7.05 Å². The van der Waals surface area contributed by atoms with Crippen molar-refractivity contribution in [2.45, 2.75) is 33.0 Å². The highest BCUT2D eigenvalue weighted by molar-refractivity contribution is 4.91. The van der Waals surface area contributed by atoms with Gasteiger partial charge in [-0.2, -0.15) is 10.2 Å². The Kier molecular flexibility index (Phi) is 3.81. The van der Waals surface area contributed by atoms with E-state index >= 15 is 0 Å². The first-order valence-electron chi connectivity index (χ1n) is 5.73. The van der Waals surface area contributed by atoms with Crippen molar-refractivity contribution in [1.82, 2.24) is 34.8 Å². The third kappa shape index (κ3) is 2.68. The summed E-state index contributed by atoms with van der Waals surface area (Å²) in [5.74, 6) is 1.81. The van der Waals surface area contributed by atoms with Crippen molar-refractivity contribution < 1.29 is 0 Å². The first kappa shape index (κ1) is 11.7. The predicted octanol–water partition coefficient (Wildman–Crippen LogP) is 0.0473. The Morgan fingerprint density at radius 2 is 1.82 bits per heavy atom. The lowest BCUT2D eigenvalue weighted by atomic mass is 10.4. The largest absolute Gasteiger partial charge is 0.313 e. The van der Waals surface area contributed by atoms with Crippen LogP contribution in [0.4, 0.5) is 0 Å². The fourth-order valence-corrected chi connectivity index (χ4v) is 1.66. The average Bonchev–Trinajstić information content (AvgIpc) is 2.92. The van der Waals surface area contributed by atoms with Gasteiger partial charge in [-0.3, -0.25) is 0 Å². The Labute approximate surface area is 99.9 Å². The minimum absolute atomic E-state index is 0.608. The minimum Gasteiger partial charge on any atom is -0.313 e. The van der Waals surface area contributed by atoms with Crippen LogP contribution in [0.5, 0.6) is 0 Å². The van der Waals surface area contributed by atoms with Crippen molar-refractivity contribution in [3.05, 3.63) is 24.3 Å². The molecule has 1 N–H and O–H groups in total. The molecular formula is C10H17N7. The Balaban J connectivity index is 2.13. The molecule has 0 unspecified atom stereocenters. The van der Waals surface area contributed by atoms with Crippen molar-refractivity contribution in [3.8, 4) is 0 Å². The van der Waals surface area contributed by atoms with E-state index in [1.807, 2.05) is 16.4 Å². The molecule has 0 aliphatic carbocycles. The highest BCUT2D eigenvalue weighted by Crippen LogP contribution is 2.01. The maximum Gasteiger partial charge on any atom is 0.148 e. The average molecular weight is 235 g/mol. The fraction of sp³-hybridized carbons (Fsp3) is 0.600. The third-order valence-corrected chi connectivity index (χ3v) is 2.45. The fourth-order valence-electron chi connectivity index (χ4n) is 1.66. The Morgan fingerprint density at radius 3 is 2.53 bits per heavy atom. The van der Waals surface area contributed by atoms with E-state index in [1.165, 1.54) is 0 Å². The van der Waals surface area contributed by atoms with Gasteiger partial charge in [0.25, 0.3) is 0 Å². The number of nitrogens with zero attached hydrogens (tertiary/aromatic N) is 6. The van der Waals surface area contributed by atoms with Gasteiger partial charge in [-0.1, -0.05) is 6.92 Å². The second-order valence-electron chi connectivity index (χ2n) is 3.76. The molecular weight excluding hydrogens is 218 g/mol. The van der Waals surface area contributed by atoms with E-state index in [2.05, 4.69) is 32.4 Å². The summed E-state index contributed by atoms with van der Waals surface area (Å²) in [5, 5.41) is 11.4. The van der Waals surface area contributed by atoms with Crippen molar-refractivity contribution in [3.63, 3.8) is 0 Å². The van der Waals surface area contributed by atoms with Crippen LogP contribution in [0.3, 0.4) is 0 Å². The van der Waals surface area contributed by atoms with E-state index in [0.29, 0.717) is 13.1 Å². The van der Waals surface area contributed by atoms with Crippen LogP contribution < -0.4 is 5.32 Å². The molecule has 92 valence electrons. The van der Waals surface area contributed by atoms with Crippen LogP contribution >= 0.6 is 0 Å². The minimum atomic E-state index is 0.608. The van der Waals surface area contributed by atoms with Gasteiger partial charge >= 0.3 is 0 Å². The van der Waals surface area contributed by atoms with E-state index in [9.17, 15) is 0 Å². The summed E-state index contributed by atoms with van der Waals surface area (Å²) >= 11 is 0. The van der Waals surface area contributed by atoms with Crippen LogP contribution in [0, 0.1) is 0 Å². The van der Waals surface area contributed by atoms with Gasteiger partial charge in [-0.15, -0.1) is 0 Å². The molecule has 0 bridgehead atoms. The first-order chi connectivity index (χ1) is 8.35. The number of aromatic nitrogens is 6. The van der Waals surface area contributed by atoms with Crippen LogP contribution in [0.25, 0.3) is 0 Å². The molecule has 7 nitrogen and oxygen atoms in total. The van der Waals surface area contributed by atoms with Gasteiger partial charge in [-0.25, -0.2) is 19.3 Å². The second kappa shape index (κ2) is 5.53. The third-order valence-electron chi connectivity index (χ3n) is 2.45. The van der Waals surface area contributed by atoms with Gasteiger partial charge in [-0.05, 0) is 13.5 Å². The van der Waals surface area contributed by atoms with Crippen LogP contribution in [-0.2, 0) is 19.6 Å². The molecule has 2 aromatic heterocycles. The van der Waals surface area contributed by atoms with E-state index in [-0.39, 0.29) is 0 Å². The molecule has 0 fully saturated rings. The summed E-state index contributed by atoms with van der Waals surface area (Å²) in [4.78, 5) is 8.45. The molecule has 2 heterocycles. The molecule has 2 rings (SSSR count). The maximum atomic E-state index is 4.25. The standard InChI is InChI=1S/C10H17N7/c1-3-4-16-10(13-8-14-16)6-17-9(5-11-2)12-7-15-17/h7-8,11H,3-6H2,1-2H3. The van der Waals surface area contributed by atoms with Crippen LogP contribution in [-0.4, -0.2) is 36.6 Å². The molecule has 17 heavy (non-hydrogen) atoms. The lowest BCUT2D eigenvalue weighted by Crippen LogP contribution is -2.16. The van der Waals surface area contributed by atoms with Gasteiger partial charge < -0.3 is 5.32 Å². The Hall–Kier alpha value is -1.76. The highest BCUT2D eigenvalue weighted by atomic mass is 15.4. The Morgan fingerprint density at radius 1 is 1.12 bits per heavy atom. The second-order valence-corrected chi connectivity index (χ2v) is 3.76. The molecule has 0 amide bonds. The van der Waals surface area contributed by atoms with Crippen molar-refractivity contribution in [2.24, 2.45) is 0 Å². The van der Waals surface area contributed by atoms with Crippen LogP contribution in [0.2, 0.25) is 0 Å². The zero-order chi connectivity index (χ0) is 12.1. The first-order valence-corrected chi connectivity index (χ1v) is 5.73. The summed E-state index contributed by atoms with van der Waals surface area (Å²) in [6, 6.07) is 0.